The summed E-state index contributed by atoms with van der Waals surface area (Å²) in [6.45, 7) is 9.86. The van der Waals surface area contributed by atoms with Gasteiger partial charge in [-0.25, -0.2) is 9.97 Å². The highest BCUT2D eigenvalue weighted by molar-refractivity contribution is 7.86. The van der Waals surface area contributed by atoms with Gasteiger partial charge in [0.15, 0.2) is 0 Å². The fourth-order valence-corrected chi connectivity index (χ4v) is 4.52. The minimum absolute atomic E-state index is 0.0784. The van der Waals surface area contributed by atoms with Crippen LogP contribution in [0.1, 0.15) is 38.2 Å². The van der Waals surface area contributed by atoms with Gasteiger partial charge in [0.25, 0.3) is 0 Å². The molecule has 0 N–H and O–H groups in total. The van der Waals surface area contributed by atoms with Crippen molar-refractivity contribution in [1.82, 2.24) is 9.97 Å². The number of hydrogen-bond donors (Lipinski definition) is 0. The lowest BCUT2D eigenvalue weighted by Gasteiger charge is -2.41. The summed E-state index contributed by atoms with van der Waals surface area (Å²) >= 11 is 0. The molecule has 106 valence electrons. The second kappa shape index (κ2) is 5.57. The SMILES string of the molecule is CCC1(CC)CN(c2cc(C)nc(C)n2)CCS1=O. The van der Waals surface area contributed by atoms with Crippen LogP contribution in [0.2, 0.25) is 0 Å². The van der Waals surface area contributed by atoms with E-state index in [-0.39, 0.29) is 4.75 Å². The summed E-state index contributed by atoms with van der Waals surface area (Å²) < 4.78 is 12.3. The molecular formula is C14H23N3OS. The molecule has 0 aromatic carbocycles. The van der Waals surface area contributed by atoms with E-state index in [1.807, 2.05) is 19.9 Å². The number of rotatable bonds is 3. The van der Waals surface area contributed by atoms with Gasteiger partial charge < -0.3 is 4.90 Å². The van der Waals surface area contributed by atoms with E-state index in [0.29, 0.717) is 0 Å². The molecule has 1 aliphatic heterocycles. The van der Waals surface area contributed by atoms with Gasteiger partial charge in [-0.2, -0.15) is 0 Å². The van der Waals surface area contributed by atoms with Crippen molar-refractivity contribution in [3.05, 3.63) is 17.6 Å². The van der Waals surface area contributed by atoms with Gasteiger partial charge in [-0.1, -0.05) is 13.8 Å². The van der Waals surface area contributed by atoms with Crippen LogP contribution in [0.4, 0.5) is 5.82 Å². The Morgan fingerprint density at radius 1 is 1.32 bits per heavy atom. The molecule has 1 atom stereocenters. The predicted octanol–water partition coefficient (Wildman–Crippen LogP) is 2.22. The maximum Gasteiger partial charge on any atom is 0.132 e. The molecule has 1 saturated heterocycles. The summed E-state index contributed by atoms with van der Waals surface area (Å²) in [7, 11) is -0.727. The Balaban J connectivity index is 2.29. The number of anilines is 1. The highest BCUT2D eigenvalue weighted by Gasteiger charge is 2.39. The summed E-state index contributed by atoms with van der Waals surface area (Å²) in [5.74, 6) is 2.53. The third-order valence-corrected chi connectivity index (χ3v) is 6.30. The lowest BCUT2D eigenvalue weighted by atomic mass is 10.0. The zero-order valence-corrected chi connectivity index (χ0v) is 13.1. The standard InChI is InChI=1S/C14H23N3OS/c1-5-14(6-2)10-17(7-8-19(14)18)13-9-11(3)15-12(4)16-13/h9H,5-8,10H2,1-4H3. The van der Waals surface area contributed by atoms with Crippen LogP contribution in [0.25, 0.3) is 0 Å². The van der Waals surface area contributed by atoms with Crippen LogP contribution >= 0.6 is 0 Å². The monoisotopic (exact) mass is 281 g/mol. The largest absolute Gasteiger partial charge is 0.354 e. The Hall–Kier alpha value is -0.970. The van der Waals surface area contributed by atoms with E-state index in [4.69, 9.17) is 0 Å². The second-order valence-electron chi connectivity index (χ2n) is 5.28. The second-order valence-corrected chi connectivity index (χ2v) is 7.24. The van der Waals surface area contributed by atoms with E-state index < -0.39 is 10.8 Å². The molecule has 0 bridgehead atoms. The lowest BCUT2D eigenvalue weighted by Crippen LogP contribution is -2.53. The third-order valence-electron chi connectivity index (χ3n) is 4.07. The maximum absolute atomic E-state index is 12.3. The van der Waals surface area contributed by atoms with Crippen LogP contribution in [-0.2, 0) is 10.8 Å². The first kappa shape index (κ1) is 14.4. The molecule has 1 fully saturated rings. The predicted molar refractivity (Wildman–Crippen MR) is 80.0 cm³/mol. The van der Waals surface area contributed by atoms with E-state index in [9.17, 15) is 4.21 Å². The Labute approximate surface area is 118 Å². The molecule has 1 aromatic heterocycles. The first-order valence-corrected chi connectivity index (χ1v) is 8.28. The molecule has 2 heterocycles. The highest BCUT2D eigenvalue weighted by Crippen LogP contribution is 2.30. The van der Waals surface area contributed by atoms with Crippen molar-refractivity contribution in [1.29, 1.82) is 0 Å². The van der Waals surface area contributed by atoms with Crippen LogP contribution in [0.3, 0.4) is 0 Å². The lowest BCUT2D eigenvalue weighted by molar-refractivity contribution is 0.494. The maximum atomic E-state index is 12.3. The molecule has 0 amide bonds. The molecule has 1 aliphatic rings. The van der Waals surface area contributed by atoms with Crippen LogP contribution in [0.15, 0.2) is 6.07 Å². The van der Waals surface area contributed by atoms with E-state index in [1.165, 1.54) is 0 Å². The smallest absolute Gasteiger partial charge is 0.132 e. The number of hydrogen-bond acceptors (Lipinski definition) is 4. The normalized spacial score (nSPS) is 22.5. The molecule has 1 aromatic rings. The van der Waals surface area contributed by atoms with Gasteiger partial charge in [0, 0.05) is 41.4 Å². The van der Waals surface area contributed by atoms with Gasteiger partial charge in [-0.3, -0.25) is 4.21 Å². The molecule has 0 radical (unpaired) electrons. The van der Waals surface area contributed by atoms with E-state index in [0.717, 1.165) is 49.0 Å². The average molecular weight is 281 g/mol. The van der Waals surface area contributed by atoms with Crippen molar-refractivity contribution in [3.63, 3.8) is 0 Å². The van der Waals surface area contributed by atoms with Gasteiger partial charge in [-0.05, 0) is 26.7 Å². The number of aromatic nitrogens is 2. The van der Waals surface area contributed by atoms with Crippen molar-refractivity contribution in [2.24, 2.45) is 0 Å². The van der Waals surface area contributed by atoms with E-state index >= 15 is 0 Å². The summed E-state index contributed by atoms with van der Waals surface area (Å²) in [5, 5.41) is 0. The first-order valence-electron chi connectivity index (χ1n) is 6.96. The van der Waals surface area contributed by atoms with Crippen molar-refractivity contribution in [3.8, 4) is 0 Å². The molecule has 0 aliphatic carbocycles. The quantitative estimate of drug-likeness (QED) is 0.852. The topological polar surface area (TPSA) is 46.1 Å². The minimum Gasteiger partial charge on any atom is -0.354 e. The summed E-state index contributed by atoms with van der Waals surface area (Å²) in [6, 6.07) is 2.03. The Kier molecular flexibility index (Phi) is 4.23. The van der Waals surface area contributed by atoms with Gasteiger partial charge in [0.2, 0.25) is 0 Å². The van der Waals surface area contributed by atoms with E-state index in [2.05, 4.69) is 28.7 Å². The summed E-state index contributed by atoms with van der Waals surface area (Å²) in [5.41, 5.74) is 0.993. The van der Waals surface area contributed by atoms with Crippen LogP contribution in [0, 0.1) is 13.8 Å². The average Bonchev–Trinajstić information content (AvgIpc) is 2.38. The van der Waals surface area contributed by atoms with Gasteiger partial charge >= 0.3 is 0 Å². The number of aryl methyl sites for hydroxylation is 2. The Morgan fingerprint density at radius 2 is 2.00 bits per heavy atom. The molecule has 19 heavy (non-hydrogen) atoms. The zero-order valence-electron chi connectivity index (χ0n) is 12.3. The van der Waals surface area contributed by atoms with Gasteiger partial charge in [0.1, 0.15) is 11.6 Å². The zero-order chi connectivity index (χ0) is 14.0. The van der Waals surface area contributed by atoms with Gasteiger partial charge in [0.05, 0.1) is 4.75 Å². The van der Waals surface area contributed by atoms with Crippen LogP contribution in [0.5, 0.6) is 0 Å². The van der Waals surface area contributed by atoms with Crippen molar-refractivity contribution < 1.29 is 4.21 Å². The number of nitrogens with zero attached hydrogens (tertiary/aromatic N) is 3. The summed E-state index contributed by atoms with van der Waals surface area (Å²) in [4.78, 5) is 11.1. The van der Waals surface area contributed by atoms with Crippen LogP contribution in [-0.4, -0.2) is 37.8 Å². The Bertz CT molecular complexity index is 465. The molecule has 0 spiro atoms. The minimum atomic E-state index is -0.727. The molecule has 1 unspecified atom stereocenters. The van der Waals surface area contributed by atoms with Crippen LogP contribution < -0.4 is 4.90 Å². The van der Waals surface area contributed by atoms with Crippen molar-refractivity contribution in [2.75, 3.05) is 23.7 Å². The van der Waals surface area contributed by atoms with Crippen molar-refractivity contribution >= 4 is 16.6 Å². The Morgan fingerprint density at radius 3 is 2.58 bits per heavy atom. The first-order chi connectivity index (χ1) is 9.00. The van der Waals surface area contributed by atoms with Crippen molar-refractivity contribution in [2.45, 2.75) is 45.3 Å². The molecule has 4 nitrogen and oxygen atoms in total. The fourth-order valence-electron chi connectivity index (χ4n) is 2.76. The highest BCUT2D eigenvalue weighted by atomic mass is 32.2. The molecule has 5 heteroatoms. The van der Waals surface area contributed by atoms with Gasteiger partial charge in [-0.15, -0.1) is 0 Å². The third kappa shape index (κ3) is 2.81. The molecule has 0 saturated carbocycles. The fraction of sp³-hybridized carbons (Fsp3) is 0.714. The summed E-state index contributed by atoms with van der Waals surface area (Å²) in [6.07, 6.45) is 1.91. The molecule has 2 rings (SSSR count). The molecular weight excluding hydrogens is 258 g/mol. The van der Waals surface area contributed by atoms with E-state index in [1.54, 1.807) is 0 Å².